The zero-order valence-corrected chi connectivity index (χ0v) is 18.1. The highest BCUT2D eigenvalue weighted by atomic mass is 16.3. The quantitative estimate of drug-likeness (QED) is 0.824. The van der Waals surface area contributed by atoms with E-state index in [1.165, 1.54) is 11.1 Å². The van der Waals surface area contributed by atoms with Crippen molar-refractivity contribution in [3.8, 4) is 0 Å². The fourth-order valence-corrected chi connectivity index (χ4v) is 6.29. The maximum Gasteiger partial charge on any atom is 0.320 e. The minimum atomic E-state index is -0.367. The van der Waals surface area contributed by atoms with Gasteiger partial charge in [-0.05, 0) is 62.5 Å². The Labute approximate surface area is 169 Å². The van der Waals surface area contributed by atoms with Crippen molar-refractivity contribution in [3.05, 3.63) is 35.4 Å². The molecule has 2 amide bonds. The van der Waals surface area contributed by atoms with Gasteiger partial charge in [0.05, 0.1) is 6.10 Å². The van der Waals surface area contributed by atoms with Gasteiger partial charge in [0.25, 0.3) is 0 Å². The third-order valence-corrected chi connectivity index (χ3v) is 8.37. The minimum Gasteiger partial charge on any atom is -0.393 e. The summed E-state index contributed by atoms with van der Waals surface area (Å²) in [5.41, 5.74) is 3.00. The standard InChI is InChI=1S/C24H36N2O2/c1-16-10-11-19(14-17(2)27)26(16)22(28)25-13-12-24(5)20-9-7-6-8-18(20)15-21(25)23(24,3)4/h6-9,16-17,19,21,27H,10-15H2,1-5H3/t16-,17?,19-,21-,24+/m1/s1. The number of aliphatic hydroxyl groups excluding tert-OH is 1. The smallest absolute Gasteiger partial charge is 0.320 e. The average Bonchev–Trinajstić information content (AvgIpc) is 2.97. The Bertz CT molecular complexity index is 759. The molecular weight excluding hydrogens is 348 g/mol. The Kier molecular flexibility index (Phi) is 4.77. The monoisotopic (exact) mass is 384 g/mol. The molecule has 0 saturated carbocycles. The van der Waals surface area contributed by atoms with Crippen molar-refractivity contribution in [1.82, 2.24) is 9.80 Å². The Balaban J connectivity index is 1.67. The van der Waals surface area contributed by atoms with E-state index in [0.29, 0.717) is 6.42 Å². The van der Waals surface area contributed by atoms with E-state index in [2.05, 4.69) is 61.8 Å². The van der Waals surface area contributed by atoms with Crippen LogP contribution in [0.15, 0.2) is 24.3 Å². The lowest BCUT2D eigenvalue weighted by Crippen LogP contribution is -2.67. The van der Waals surface area contributed by atoms with Crippen LogP contribution in [0.25, 0.3) is 0 Å². The van der Waals surface area contributed by atoms with Crippen LogP contribution < -0.4 is 0 Å². The number of hydrogen-bond donors (Lipinski definition) is 1. The molecule has 2 saturated heterocycles. The van der Waals surface area contributed by atoms with E-state index in [4.69, 9.17) is 0 Å². The highest BCUT2D eigenvalue weighted by molar-refractivity contribution is 5.76. The third kappa shape index (κ3) is 2.79. The molecule has 3 aliphatic rings. The highest BCUT2D eigenvalue weighted by Gasteiger charge is 2.57. The van der Waals surface area contributed by atoms with Crippen molar-refractivity contribution in [3.63, 3.8) is 0 Å². The van der Waals surface area contributed by atoms with Gasteiger partial charge >= 0.3 is 6.03 Å². The summed E-state index contributed by atoms with van der Waals surface area (Å²) in [5.74, 6) is 0. The summed E-state index contributed by atoms with van der Waals surface area (Å²) >= 11 is 0. The lowest BCUT2D eigenvalue weighted by Gasteiger charge is -2.61. The average molecular weight is 385 g/mol. The third-order valence-electron chi connectivity index (χ3n) is 8.37. The number of carbonyl (C=O) groups is 1. The zero-order chi connectivity index (χ0) is 20.3. The first-order valence-corrected chi connectivity index (χ1v) is 11.0. The van der Waals surface area contributed by atoms with Crippen molar-refractivity contribution < 1.29 is 9.90 Å². The summed E-state index contributed by atoms with van der Waals surface area (Å²) in [6.45, 7) is 11.9. The molecule has 2 aliphatic heterocycles. The van der Waals surface area contributed by atoms with Crippen LogP contribution in [0.2, 0.25) is 0 Å². The molecule has 1 aromatic carbocycles. The van der Waals surface area contributed by atoms with Crippen molar-refractivity contribution in [1.29, 1.82) is 0 Å². The maximum atomic E-state index is 13.8. The summed E-state index contributed by atoms with van der Waals surface area (Å²) in [4.78, 5) is 18.0. The van der Waals surface area contributed by atoms with Crippen LogP contribution in [0.4, 0.5) is 4.79 Å². The molecule has 1 aliphatic carbocycles. The number of likely N-dealkylation sites (tertiary alicyclic amines) is 2. The molecule has 4 rings (SSSR count). The molecule has 1 N–H and O–H groups in total. The lowest BCUT2D eigenvalue weighted by molar-refractivity contribution is -0.0269. The predicted molar refractivity (Wildman–Crippen MR) is 112 cm³/mol. The number of rotatable bonds is 2. The van der Waals surface area contributed by atoms with Crippen molar-refractivity contribution >= 4 is 6.03 Å². The first kappa shape index (κ1) is 19.8. The summed E-state index contributed by atoms with van der Waals surface area (Å²) in [5, 5.41) is 9.93. The molecule has 28 heavy (non-hydrogen) atoms. The normalized spacial score (nSPS) is 34.9. The van der Waals surface area contributed by atoms with Crippen LogP contribution in [0, 0.1) is 5.41 Å². The molecule has 154 valence electrons. The second-order valence-electron chi connectivity index (χ2n) is 10.2. The zero-order valence-electron chi connectivity index (χ0n) is 18.1. The van der Waals surface area contributed by atoms with Gasteiger partial charge in [0.2, 0.25) is 0 Å². The van der Waals surface area contributed by atoms with Crippen LogP contribution in [-0.2, 0) is 11.8 Å². The maximum absolute atomic E-state index is 13.8. The van der Waals surface area contributed by atoms with Gasteiger partial charge in [-0.25, -0.2) is 4.79 Å². The van der Waals surface area contributed by atoms with E-state index in [-0.39, 0.29) is 41.1 Å². The first-order valence-electron chi connectivity index (χ1n) is 11.0. The Morgan fingerprint density at radius 1 is 1.25 bits per heavy atom. The minimum absolute atomic E-state index is 0.0258. The SMILES string of the molecule is CC(O)C[C@H]1CC[C@@H](C)N1C(=O)N1CC[C@@]2(C)c3ccccc3C[C@@H]1C2(C)C. The number of amides is 2. The van der Waals surface area contributed by atoms with Gasteiger partial charge in [-0.15, -0.1) is 0 Å². The van der Waals surface area contributed by atoms with Crippen molar-refractivity contribution in [2.24, 2.45) is 5.41 Å². The number of carbonyl (C=O) groups excluding carboxylic acids is 1. The van der Waals surface area contributed by atoms with Crippen molar-refractivity contribution in [2.45, 2.75) is 96.4 Å². The van der Waals surface area contributed by atoms with E-state index in [1.54, 1.807) is 0 Å². The van der Waals surface area contributed by atoms with Crippen LogP contribution in [0.5, 0.6) is 0 Å². The van der Waals surface area contributed by atoms with E-state index in [0.717, 1.165) is 32.2 Å². The van der Waals surface area contributed by atoms with Gasteiger partial charge < -0.3 is 14.9 Å². The van der Waals surface area contributed by atoms with Crippen LogP contribution >= 0.6 is 0 Å². The molecule has 1 unspecified atom stereocenters. The predicted octanol–water partition coefficient (Wildman–Crippen LogP) is 4.34. The van der Waals surface area contributed by atoms with Crippen molar-refractivity contribution in [2.75, 3.05) is 6.54 Å². The topological polar surface area (TPSA) is 43.8 Å². The van der Waals surface area contributed by atoms with E-state index in [9.17, 15) is 9.90 Å². The molecule has 2 fully saturated rings. The summed E-state index contributed by atoms with van der Waals surface area (Å²) in [6, 6.07) is 9.65. The van der Waals surface area contributed by atoms with Gasteiger partial charge in [-0.2, -0.15) is 0 Å². The number of benzene rings is 1. The first-order chi connectivity index (χ1) is 13.2. The summed E-state index contributed by atoms with van der Waals surface area (Å²) in [7, 11) is 0. The van der Waals surface area contributed by atoms with E-state index >= 15 is 0 Å². The van der Waals surface area contributed by atoms with Gasteiger partial charge in [0.1, 0.15) is 0 Å². The summed E-state index contributed by atoms with van der Waals surface area (Å²) in [6.07, 6.45) is 4.29. The van der Waals surface area contributed by atoms with Crippen LogP contribution in [0.1, 0.15) is 71.4 Å². The molecular formula is C24H36N2O2. The van der Waals surface area contributed by atoms with E-state index in [1.807, 2.05) is 6.92 Å². The van der Waals surface area contributed by atoms with E-state index < -0.39 is 0 Å². The van der Waals surface area contributed by atoms with Gasteiger partial charge in [0, 0.05) is 30.1 Å². The van der Waals surface area contributed by atoms with Gasteiger partial charge in [0.15, 0.2) is 0 Å². The largest absolute Gasteiger partial charge is 0.393 e. The lowest BCUT2D eigenvalue weighted by atomic mass is 9.51. The Morgan fingerprint density at radius 2 is 1.96 bits per heavy atom. The number of nitrogens with zero attached hydrogens (tertiary/aromatic N) is 2. The number of hydrogen-bond acceptors (Lipinski definition) is 2. The Morgan fingerprint density at radius 3 is 2.68 bits per heavy atom. The van der Waals surface area contributed by atoms with Crippen LogP contribution in [-0.4, -0.2) is 51.7 Å². The molecule has 4 heteroatoms. The van der Waals surface area contributed by atoms with Gasteiger partial charge in [-0.3, -0.25) is 0 Å². The molecule has 1 aromatic rings. The molecule has 0 spiro atoms. The molecule has 2 bridgehead atoms. The number of fused-ring (bicyclic) bond motifs is 4. The highest BCUT2D eigenvalue weighted by Crippen LogP contribution is 2.56. The van der Waals surface area contributed by atoms with Gasteiger partial charge in [-0.1, -0.05) is 45.0 Å². The molecule has 2 heterocycles. The molecule has 5 atom stereocenters. The second-order valence-corrected chi connectivity index (χ2v) is 10.2. The number of piperidine rings is 1. The van der Waals surface area contributed by atoms with Crippen LogP contribution in [0.3, 0.4) is 0 Å². The fourth-order valence-electron chi connectivity index (χ4n) is 6.29. The molecule has 0 aromatic heterocycles. The Hall–Kier alpha value is -1.55. The number of aliphatic hydroxyl groups is 1. The summed E-state index contributed by atoms with van der Waals surface area (Å²) < 4.78 is 0. The second kappa shape index (κ2) is 6.76. The molecule has 4 nitrogen and oxygen atoms in total. The number of urea groups is 1. The molecule has 0 radical (unpaired) electrons. The fraction of sp³-hybridized carbons (Fsp3) is 0.708.